The van der Waals surface area contributed by atoms with Gasteiger partial charge < -0.3 is 9.47 Å². The monoisotopic (exact) mass is 504 g/mol. The average molecular weight is 505 g/mol. The first-order valence-electron chi connectivity index (χ1n) is 11.0. The van der Waals surface area contributed by atoms with Gasteiger partial charge in [0.15, 0.2) is 15.8 Å². The zero-order valence-corrected chi connectivity index (χ0v) is 20.9. The van der Waals surface area contributed by atoms with Gasteiger partial charge in [-0.2, -0.15) is 5.01 Å². The molecule has 4 rings (SSSR count). The minimum atomic E-state index is -0.390. The third-order valence-electron chi connectivity index (χ3n) is 5.37. The van der Waals surface area contributed by atoms with Gasteiger partial charge in [0.05, 0.1) is 18.6 Å². The van der Waals surface area contributed by atoms with Crippen molar-refractivity contribution in [3.8, 4) is 11.5 Å². The molecular weight excluding hydrogens is 480 g/mol. The number of thiocarbonyl (C=S) groups is 1. The Hall–Kier alpha value is -3.62. The zero-order valence-electron chi connectivity index (χ0n) is 19.3. The Morgan fingerprint density at radius 1 is 1.06 bits per heavy atom. The van der Waals surface area contributed by atoms with Gasteiger partial charge >= 0.3 is 0 Å². The molecule has 0 radical (unpaired) electrons. The third-order valence-corrected chi connectivity index (χ3v) is 6.68. The van der Waals surface area contributed by atoms with Crippen molar-refractivity contribution >= 4 is 46.2 Å². The molecule has 3 aromatic carbocycles. The van der Waals surface area contributed by atoms with Gasteiger partial charge in [0.25, 0.3) is 11.8 Å². The fourth-order valence-electron chi connectivity index (χ4n) is 3.52. The molecule has 0 atom stereocenters. The van der Waals surface area contributed by atoms with Crippen molar-refractivity contribution in [3.05, 3.63) is 100.0 Å². The second kappa shape index (κ2) is 11.2. The number of hydrazine groups is 1. The fraction of sp³-hybridized carbons (Fsp3) is 0.148. The van der Waals surface area contributed by atoms with Crippen molar-refractivity contribution < 1.29 is 19.1 Å². The maximum absolute atomic E-state index is 12.9. The van der Waals surface area contributed by atoms with Crippen LogP contribution >= 0.6 is 24.0 Å². The number of aryl methyl sites for hydroxylation is 1. The number of carbonyl (C=O) groups is 2. The van der Waals surface area contributed by atoms with Crippen molar-refractivity contribution in [1.82, 2.24) is 10.4 Å². The van der Waals surface area contributed by atoms with Crippen molar-refractivity contribution in [2.75, 3.05) is 13.7 Å². The van der Waals surface area contributed by atoms with Crippen LogP contribution in [0.25, 0.3) is 6.08 Å². The van der Waals surface area contributed by atoms with E-state index in [1.165, 1.54) is 5.56 Å². The molecule has 0 saturated carbocycles. The van der Waals surface area contributed by atoms with Gasteiger partial charge in [-0.3, -0.25) is 15.0 Å². The van der Waals surface area contributed by atoms with Crippen LogP contribution in [0.15, 0.2) is 77.7 Å². The first-order valence-corrected chi connectivity index (χ1v) is 12.2. The van der Waals surface area contributed by atoms with Crippen molar-refractivity contribution in [2.45, 2.75) is 13.3 Å². The molecule has 0 bridgehead atoms. The number of hydrogen-bond donors (Lipinski definition) is 1. The molecule has 0 unspecified atom stereocenters. The minimum absolute atomic E-state index is 0.260. The molecule has 0 aliphatic carbocycles. The summed E-state index contributed by atoms with van der Waals surface area (Å²) >= 11 is 6.47. The van der Waals surface area contributed by atoms with E-state index in [1.807, 2.05) is 49.4 Å². The molecule has 1 aliphatic heterocycles. The summed E-state index contributed by atoms with van der Waals surface area (Å²) in [6, 6.07) is 22.7. The smallest absolute Gasteiger partial charge is 0.285 e. The highest BCUT2D eigenvalue weighted by Gasteiger charge is 2.34. The van der Waals surface area contributed by atoms with Gasteiger partial charge in [-0.05, 0) is 60.1 Å². The van der Waals surface area contributed by atoms with Gasteiger partial charge in [0, 0.05) is 12.0 Å². The lowest BCUT2D eigenvalue weighted by Gasteiger charge is -2.16. The summed E-state index contributed by atoms with van der Waals surface area (Å²) in [4.78, 5) is 26.0. The molecule has 1 fully saturated rings. The summed E-state index contributed by atoms with van der Waals surface area (Å²) < 4.78 is 11.7. The highest BCUT2D eigenvalue weighted by atomic mass is 32.2. The van der Waals surface area contributed by atoms with E-state index in [9.17, 15) is 9.59 Å². The standard InChI is InChI=1S/C27H24N2O4S2/c1-18-8-6-7-11-21(18)25(30)28-29-26(31)24(35-27(29)34)17-20-12-13-22(23(16-20)32-2)33-15-14-19-9-4-3-5-10-19/h3-13,16-17H,14-15H2,1-2H3,(H,28,30)/b24-17-. The molecule has 8 heteroatoms. The van der Waals surface area contributed by atoms with Crippen LogP contribution in [0.2, 0.25) is 0 Å². The fourth-order valence-corrected chi connectivity index (χ4v) is 4.70. The largest absolute Gasteiger partial charge is 0.493 e. The SMILES string of the molecule is COc1cc(/C=C2\SC(=S)N(NC(=O)c3ccccc3C)C2=O)ccc1OCCc1ccccc1. The first kappa shape index (κ1) is 24.5. The second-order valence-electron chi connectivity index (χ2n) is 7.77. The number of amides is 2. The van der Waals surface area contributed by atoms with Crippen LogP contribution in [0.3, 0.4) is 0 Å². The molecule has 2 amide bonds. The lowest BCUT2D eigenvalue weighted by Crippen LogP contribution is -2.45. The Morgan fingerprint density at radius 3 is 2.54 bits per heavy atom. The Bertz CT molecular complexity index is 1290. The van der Waals surface area contributed by atoms with E-state index in [1.54, 1.807) is 31.4 Å². The Balaban J connectivity index is 1.44. The van der Waals surface area contributed by atoms with Crippen LogP contribution in [-0.4, -0.2) is 34.9 Å². The summed E-state index contributed by atoms with van der Waals surface area (Å²) in [6.07, 6.45) is 2.50. The van der Waals surface area contributed by atoms with Crippen LogP contribution in [0.1, 0.15) is 27.0 Å². The molecule has 0 spiro atoms. The van der Waals surface area contributed by atoms with Crippen LogP contribution in [0.5, 0.6) is 11.5 Å². The summed E-state index contributed by atoms with van der Waals surface area (Å²) in [6.45, 7) is 2.35. The van der Waals surface area contributed by atoms with E-state index in [-0.39, 0.29) is 16.1 Å². The second-order valence-corrected chi connectivity index (χ2v) is 9.44. The number of carbonyl (C=O) groups excluding carboxylic acids is 2. The highest BCUT2D eigenvalue weighted by molar-refractivity contribution is 8.26. The van der Waals surface area contributed by atoms with Crippen LogP contribution in [0, 0.1) is 6.92 Å². The Labute approximate surface area is 213 Å². The van der Waals surface area contributed by atoms with Crippen LogP contribution in [0.4, 0.5) is 0 Å². The molecule has 1 saturated heterocycles. The summed E-state index contributed by atoms with van der Waals surface area (Å²) in [5.74, 6) is 0.414. The van der Waals surface area contributed by atoms with Gasteiger partial charge in [-0.15, -0.1) is 0 Å². The molecule has 1 heterocycles. The van der Waals surface area contributed by atoms with E-state index >= 15 is 0 Å². The van der Waals surface area contributed by atoms with E-state index in [0.717, 1.165) is 34.3 Å². The number of nitrogens with one attached hydrogen (secondary N) is 1. The molecule has 1 N–H and O–H groups in total. The Morgan fingerprint density at radius 2 is 1.80 bits per heavy atom. The Kier molecular flexibility index (Phi) is 7.84. The normalized spacial score (nSPS) is 14.3. The predicted octanol–water partition coefficient (Wildman–Crippen LogP) is 5.17. The van der Waals surface area contributed by atoms with Gasteiger partial charge in [-0.1, -0.05) is 66.4 Å². The molecule has 3 aromatic rings. The maximum Gasteiger partial charge on any atom is 0.285 e. The predicted molar refractivity (Wildman–Crippen MR) is 142 cm³/mol. The minimum Gasteiger partial charge on any atom is -0.493 e. The molecule has 178 valence electrons. The summed E-state index contributed by atoms with van der Waals surface area (Å²) in [5.41, 5.74) is 5.86. The van der Waals surface area contributed by atoms with E-state index in [4.69, 9.17) is 21.7 Å². The molecule has 1 aliphatic rings. The number of ether oxygens (including phenoxy) is 2. The molecule has 6 nitrogen and oxygen atoms in total. The number of thioether (sulfide) groups is 1. The number of benzene rings is 3. The summed E-state index contributed by atoms with van der Waals surface area (Å²) in [7, 11) is 1.57. The van der Waals surface area contributed by atoms with E-state index in [0.29, 0.717) is 28.6 Å². The van der Waals surface area contributed by atoms with Gasteiger partial charge in [-0.25, -0.2) is 0 Å². The third kappa shape index (κ3) is 5.90. The molecule has 35 heavy (non-hydrogen) atoms. The first-order chi connectivity index (χ1) is 17.0. The van der Waals surface area contributed by atoms with Crippen molar-refractivity contribution in [1.29, 1.82) is 0 Å². The van der Waals surface area contributed by atoms with E-state index < -0.39 is 0 Å². The number of hydrogen-bond acceptors (Lipinski definition) is 6. The van der Waals surface area contributed by atoms with Crippen LogP contribution in [-0.2, 0) is 11.2 Å². The molecular formula is C27H24N2O4S2. The van der Waals surface area contributed by atoms with E-state index in [2.05, 4.69) is 17.6 Å². The maximum atomic E-state index is 12.9. The number of methoxy groups -OCH3 is 1. The lowest BCUT2D eigenvalue weighted by molar-refractivity contribution is -0.123. The topological polar surface area (TPSA) is 67.9 Å². The quantitative estimate of drug-likeness (QED) is 0.337. The number of nitrogens with zero attached hydrogens (tertiary/aromatic N) is 1. The zero-order chi connectivity index (χ0) is 24.8. The highest BCUT2D eigenvalue weighted by Crippen LogP contribution is 2.34. The lowest BCUT2D eigenvalue weighted by atomic mass is 10.1. The average Bonchev–Trinajstić information content (AvgIpc) is 3.12. The van der Waals surface area contributed by atoms with Crippen LogP contribution < -0.4 is 14.9 Å². The number of rotatable bonds is 8. The van der Waals surface area contributed by atoms with Gasteiger partial charge in [0.2, 0.25) is 0 Å². The summed E-state index contributed by atoms with van der Waals surface area (Å²) in [5, 5.41) is 1.11. The van der Waals surface area contributed by atoms with Gasteiger partial charge in [0.1, 0.15) is 0 Å². The molecule has 0 aromatic heterocycles. The van der Waals surface area contributed by atoms with Crippen molar-refractivity contribution in [3.63, 3.8) is 0 Å². The van der Waals surface area contributed by atoms with Crippen molar-refractivity contribution in [2.24, 2.45) is 0 Å².